The molecule has 156 valence electrons. The summed E-state index contributed by atoms with van der Waals surface area (Å²) in [6, 6.07) is 12.6. The van der Waals surface area contributed by atoms with Crippen molar-refractivity contribution in [1.82, 2.24) is 5.32 Å². The second-order valence-corrected chi connectivity index (χ2v) is 7.90. The number of nitrogens with one attached hydrogen (secondary N) is 1. The Labute approximate surface area is 196 Å². The molecule has 0 saturated heterocycles. The number of ether oxygens (including phenoxy) is 3. The number of nitriles is 1. The Morgan fingerprint density at radius 3 is 2.50 bits per heavy atom. The molecule has 0 aliphatic carbocycles. The number of amides is 1. The van der Waals surface area contributed by atoms with Crippen molar-refractivity contribution < 1.29 is 23.8 Å². The Kier molecular flexibility index (Phi) is 9.14. The van der Waals surface area contributed by atoms with Gasteiger partial charge < -0.3 is 19.5 Å². The first kappa shape index (κ1) is 23.7. The second-order valence-electron chi connectivity index (χ2n) is 5.88. The lowest BCUT2D eigenvalue weighted by Crippen LogP contribution is -2.23. The lowest BCUT2D eigenvalue weighted by atomic mass is 10.1. The third kappa shape index (κ3) is 6.74. The average molecular weight is 585 g/mol. The topological polar surface area (TPSA) is 97.7 Å². The van der Waals surface area contributed by atoms with Crippen molar-refractivity contribution in [1.29, 1.82) is 5.26 Å². The Balaban J connectivity index is 2.11. The van der Waals surface area contributed by atoms with E-state index in [1.54, 1.807) is 31.4 Å². The van der Waals surface area contributed by atoms with Crippen LogP contribution in [0.4, 0.5) is 0 Å². The molecule has 30 heavy (non-hydrogen) atoms. The van der Waals surface area contributed by atoms with Crippen LogP contribution in [0.25, 0.3) is 6.08 Å². The monoisotopic (exact) mass is 584 g/mol. The van der Waals surface area contributed by atoms with Gasteiger partial charge in [0.25, 0.3) is 5.91 Å². The number of hydrogen-bond acceptors (Lipinski definition) is 6. The smallest absolute Gasteiger partial charge is 0.343 e. The first-order valence-corrected chi connectivity index (χ1v) is 10.5. The third-order valence-electron chi connectivity index (χ3n) is 3.87. The van der Waals surface area contributed by atoms with Gasteiger partial charge in [0.15, 0.2) is 6.61 Å². The van der Waals surface area contributed by atoms with Crippen molar-refractivity contribution >= 4 is 56.5 Å². The summed E-state index contributed by atoms with van der Waals surface area (Å²) < 4.78 is 16.4. The van der Waals surface area contributed by atoms with Crippen LogP contribution in [0.1, 0.15) is 11.1 Å². The molecular formula is C21H18BrIN2O5. The summed E-state index contributed by atoms with van der Waals surface area (Å²) in [5.74, 6) is 0.218. The van der Waals surface area contributed by atoms with Crippen molar-refractivity contribution in [2.24, 2.45) is 0 Å². The summed E-state index contributed by atoms with van der Waals surface area (Å²) in [6.07, 6.45) is 1.49. The number of esters is 1. The first-order chi connectivity index (χ1) is 14.4. The molecule has 1 N–H and O–H groups in total. The van der Waals surface area contributed by atoms with E-state index in [4.69, 9.17) is 9.47 Å². The van der Waals surface area contributed by atoms with E-state index in [9.17, 15) is 14.9 Å². The maximum Gasteiger partial charge on any atom is 0.343 e. The minimum absolute atomic E-state index is 0.0329. The molecule has 0 aliphatic heterocycles. The number of rotatable bonds is 8. The SMILES string of the molecule is COC(=O)COc1c(Br)cc(/C=C(/C#N)C(=O)NCc2ccc(OC)cc2)cc1I. The largest absolute Gasteiger partial charge is 0.497 e. The normalized spacial score (nSPS) is 10.7. The van der Waals surface area contributed by atoms with Gasteiger partial charge in [0.2, 0.25) is 0 Å². The van der Waals surface area contributed by atoms with E-state index in [0.29, 0.717) is 19.4 Å². The molecule has 0 atom stereocenters. The summed E-state index contributed by atoms with van der Waals surface area (Å²) in [6.45, 7) is 0.0564. The van der Waals surface area contributed by atoms with Crippen molar-refractivity contribution in [2.45, 2.75) is 6.54 Å². The van der Waals surface area contributed by atoms with E-state index >= 15 is 0 Å². The van der Waals surface area contributed by atoms with Gasteiger partial charge in [0.1, 0.15) is 23.1 Å². The van der Waals surface area contributed by atoms with Crippen LogP contribution >= 0.6 is 38.5 Å². The molecule has 0 unspecified atom stereocenters. The lowest BCUT2D eigenvalue weighted by Gasteiger charge is -2.11. The number of benzene rings is 2. The van der Waals surface area contributed by atoms with Crippen LogP contribution < -0.4 is 14.8 Å². The second kappa shape index (κ2) is 11.6. The van der Waals surface area contributed by atoms with E-state index in [1.165, 1.54) is 13.2 Å². The zero-order chi connectivity index (χ0) is 22.1. The summed E-state index contributed by atoms with van der Waals surface area (Å²) in [5.41, 5.74) is 1.48. The quantitative estimate of drug-likeness (QED) is 0.219. The summed E-state index contributed by atoms with van der Waals surface area (Å²) >= 11 is 5.43. The van der Waals surface area contributed by atoms with Crippen molar-refractivity contribution in [3.05, 3.63) is 61.1 Å². The van der Waals surface area contributed by atoms with Gasteiger partial charge in [-0.15, -0.1) is 0 Å². The molecule has 0 fully saturated rings. The van der Waals surface area contributed by atoms with Gasteiger partial charge >= 0.3 is 5.97 Å². The maximum absolute atomic E-state index is 12.4. The number of methoxy groups -OCH3 is 2. The molecule has 7 nitrogen and oxygen atoms in total. The Morgan fingerprint density at radius 2 is 1.93 bits per heavy atom. The molecule has 2 rings (SSSR count). The maximum atomic E-state index is 12.4. The van der Waals surface area contributed by atoms with Gasteiger partial charge in [-0.1, -0.05) is 12.1 Å². The standard InChI is InChI=1S/C21H18BrIN2O5/c1-28-16-5-3-13(4-6-16)11-25-21(27)15(10-24)7-14-8-17(22)20(18(23)9-14)30-12-19(26)29-2/h3-9H,11-12H2,1-2H3,(H,25,27)/b15-7-. The Hall–Kier alpha value is -2.58. The minimum Gasteiger partial charge on any atom is -0.497 e. The number of halogens is 2. The van der Waals surface area contributed by atoms with Crippen LogP contribution in [0.2, 0.25) is 0 Å². The highest BCUT2D eigenvalue weighted by atomic mass is 127. The predicted octanol–water partition coefficient (Wildman–Crippen LogP) is 3.84. The summed E-state index contributed by atoms with van der Waals surface area (Å²) in [7, 11) is 2.86. The molecule has 2 aromatic carbocycles. The number of nitrogens with zero attached hydrogens (tertiary/aromatic N) is 1. The fourth-order valence-electron chi connectivity index (χ4n) is 2.33. The fraction of sp³-hybridized carbons (Fsp3) is 0.190. The number of carbonyl (C=O) groups is 2. The van der Waals surface area contributed by atoms with Crippen LogP contribution in [0.5, 0.6) is 11.5 Å². The van der Waals surface area contributed by atoms with Crippen LogP contribution in [-0.2, 0) is 20.9 Å². The van der Waals surface area contributed by atoms with Crippen LogP contribution in [0.3, 0.4) is 0 Å². The molecule has 0 spiro atoms. The van der Waals surface area contributed by atoms with E-state index < -0.39 is 11.9 Å². The van der Waals surface area contributed by atoms with Crippen molar-refractivity contribution in [2.75, 3.05) is 20.8 Å². The van der Waals surface area contributed by atoms with E-state index in [2.05, 4.69) is 26.0 Å². The molecule has 0 bridgehead atoms. The van der Waals surface area contributed by atoms with Crippen molar-refractivity contribution in [3.63, 3.8) is 0 Å². The van der Waals surface area contributed by atoms with Gasteiger partial charge in [-0.3, -0.25) is 4.79 Å². The zero-order valence-electron chi connectivity index (χ0n) is 16.2. The fourth-order valence-corrected chi connectivity index (χ4v) is 4.10. The highest BCUT2D eigenvalue weighted by molar-refractivity contribution is 14.1. The average Bonchev–Trinajstić information content (AvgIpc) is 2.75. The zero-order valence-corrected chi connectivity index (χ0v) is 19.9. The highest BCUT2D eigenvalue weighted by Gasteiger charge is 2.13. The highest BCUT2D eigenvalue weighted by Crippen LogP contribution is 2.32. The molecule has 0 heterocycles. The molecular weight excluding hydrogens is 567 g/mol. The Morgan fingerprint density at radius 1 is 1.23 bits per heavy atom. The van der Waals surface area contributed by atoms with Crippen LogP contribution in [0.15, 0.2) is 46.4 Å². The first-order valence-electron chi connectivity index (χ1n) is 8.59. The van der Waals surface area contributed by atoms with Gasteiger partial charge in [-0.05, 0) is 80.0 Å². The van der Waals surface area contributed by atoms with Crippen LogP contribution in [0, 0.1) is 14.9 Å². The lowest BCUT2D eigenvalue weighted by molar-refractivity contribution is -0.142. The van der Waals surface area contributed by atoms with Crippen LogP contribution in [-0.4, -0.2) is 32.7 Å². The van der Waals surface area contributed by atoms with Crippen molar-refractivity contribution in [3.8, 4) is 17.6 Å². The summed E-state index contributed by atoms with van der Waals surface area (Å²) in [5, 5.41) is 12.1. The van der Waals surface area contributed by atoms with E-state index in [1.807, 2.05) is 40.8 Å². The van der Waals surface area contributed by atoms with Gasteiger partial charge in [0.05, 0.1) is 22.3 Å². The Bertz CT molecular complexity index is 976. The third-order valence-corrected chi connectivity index (χ3v) is 5.26. The molecule has 9 heteroatoms. The molecule has 1 amide bonds. The van der Waals surface area contributed by atoms with Gasteiger partial charge in [-0.2, -0.15) is 5.26 Å². The molecule has 2 aromatic rings. The molecule has 0 aliphatic rings. The van der Waals surface area contributed by atoms with E-state index in [0.717, 1.165) is 11.3 Å². The van der Waals surface area contributed by atoms with E-state index in [-0.39, 0.29) is 18.7 Å². The number of hydrogen-bond donors (Lipinski definition) is 1. The molecule has 0 aromatic heterocycles. The number of carbonyl (C=O) groups excluding carboxylic acids is 2. The minimum atomic E-state index is -0.498. The predicted molar refractivity (Wildman–Crippen MR) is 123 cm³/mol. The molecule has 0 radical (unpaired) electrons. The summed E-state index contributed by atoms with van der Waals surface area (Å²) in [4.78, 5) is 23.7. The molecule has 0 saturated carbocycles. The van der Waals surface area contributed by atoms with Gasteiger partial charge in [0, 0.05) is 6.54 Å². The van der Waals surface area contributed by atoms with Gasteiger partial charge in [-0.25, -0.2) is 4.79 Å².